The summed E-state index contributed by atoms with van der Waals surface area (Å²) >= 11 is 12.3. The van der Waals surface area contributed by atoms with Crippen molar-refractivity contribution < 1.29 is 5.11 Å². The van der Waals surface area contributed by atoms with E-state index < -0.39 is 0 Å². The highest BCUT2D eigenvalue weighted by atomic mass is 35.5. The molecule has 1 fully saturated rings. The Morgan fingerprint density at radius 2 is 2.00 bits per heavy atom. The predicted octanol–water partition coefficient (Wildman–Crippen LogP) is 3.84. The number of nitrogens with zero attached hydrogens (tertiary/aromatic N) is 1. The van der Waals surface area contributed by atoms with Crippen molar-refractivity contribution in [1.82, 2.24) is 10.2 Å². The van der Waals surface area contributed by atoms with Gasteiger partial charge in [0.25, 0.3) is 0 Å². The second kappa shape index (κ2) is 7.51. The van der Waals surface area contributed by atoms with Crippen molar-refractivity contribution in [2.24, 2.45) is 0 Å². The third-order valence-corrected chi connectivity index (χ3v) is 4.36. The number of halogens is 2. The number of rotatable bonds is 5. The number of piperazine rings is 1. The summed E-state index contributed by atoms with van der Waals surface area (Å²) in [6.07, 6.45) is 3.26. The van der Waals surface area contributed by atoms with Gasteiger partial charge in [-0.25, -0.2) is 0 Å². The summed E-state index contributed by atoms with van der Waals surface area (Å²) in [7, 11) is 0. The van der Waals surface area contributed by atoms with Crippen LogP contribution in [0.25, 0.3) is 0 Å². The first kappa shape index (κ1) is 15.9. The van der Waals surface area contributed by atoms with E-state index in [1.807, 2.05) is 0 Å². The number of hydrogen-bond acceptors (Lipinski definition) is 3. The monoisotopic (exact) mass is 316 g/mol. The van der Waals surface area contributed by atoms with Crippen molar-refractivity contribution in [3.05, 3.63) is 27.7 Å². The maximum Gasteiger partial charge on any atom is 0.123 e. The highest BCUT2D eigenvalue weighted by Crippen LogP contribution is 2.39. The highest BCUT2D eigenvalue weighted by molar-refractivity contribution is 6.35. The van der Waals surface area contributed by atoms with E-state index in [-0.39, 0.29) is 11.8 Å². The number of phenols is 1. The molecule has 1 aromatic carbocycles. The molecule has 1 atom stereocenters. The fraction of sp³-hybridized carbons (Fsp3) is 0.600. The lowest BCUT2D eigenvalue weighted by atomic mass is 9.97. The molecule has 1 aromatic rings. The van der Waals surface area contributed by atoms with Gasteiger partial charge in [-0.2, -0.15) is 0 Å². The Hall–Kier alpha value is -0.480. The van der Waals surface area contributed by atoms with Crippen LogP contribution in [0.1, 0.15) is 37.8 Å². The van der Waals surface area contributed by atoms with Gasteiger partial charge >= 0.3 is 0 Å². The predicted molar refractivity (Wildman–Crippen MR) is 84.8 cm³/mol. The van der Waals surface area contributed by atoms with Gasteiger partial charge in [-0.3, -0.25) is 4.90 Å². The molecular weight excluding hydrogens is 295 g/mol. The third kappa shape index (κ3) is 3.79. The van der Waals surface area contributed by atoms with Crippen molar-refractivity contribution in [3.63, 3.8) is 0 Å². The summed E-state index contributed by atoms with van der Waals surface area (Å²) < 4.78 is 0. The van der Waals surface area contributed by atoms with Crippen molar-refractivity contribution >= 4 is 23.2 Å². The van der Waals surface area contributed by atoms with E-state index in [1.54, 1.807) is 12.1 Å². The van der Waals surface area contributed by atoms with Gasteiger partial charge in [0.15, 0.2) is 0 Å². The molecule has 0 radical (unpaired) electrons. The molecule has 0 saturated carbocycles. The van der Waals surface area contributed by atoms with Crippen LogP contribution in [0.5, 0.6) is 5.75 Å². The van der Waals surface area contributed by atoms with E-state index in [0.717, 1.165) is 51.0 Å². The number of aromatic hydroxyl groups is 1. The minimum Gasteiger partial charge on any atom is -0.508 e. The fourth-order valence-electron chi connectivity index (χ4n) is 2.80. The lowest BCUT2D eigenvalue weighted by Crippen LogP contribution is -2.45. The Kier molecular flexibility index (Phi) is 5.97. The van der Waals surface area contributed by atoms with Crippen molar-refractivity contribution in [1.29, 1.82) is 0 Å². The lowest BCUT2D eigenvalue weighted by Gasteiger charge is -2.36. The molecule has 2 N–H and O–H groups in total. The molecule has 0 amide bonds. The zero-order valence-corrected chi connectivity index (χ0v) is 13.3. The van der Waals surface area contributed by atoms with Gasteiger partial charge < -0.3 is 10.4 Å². The molecule has 5 heteroatoms. The zero-order chi connectivity index (χ0) is 14.5. The van der Waals surface area contributed by atoms with Crippen LogP contribution in [-0.2, 0) is 0 Å². The molecule has 2 rings (SSSR count). The summed E-state index contributed by atoms with van der Waals surface area (Å²) in [5.74, 6) is 0.210. The maximum atomic E-state index is 10.3. The van der Waals surface area contributed by atoms with E-state index in [9.17, 15) is 5.11 Å². The topological polar surface area (TPSA) is 35.5 Å². The van der Waals surface area contributed by atoms with Crippen LogP contribution in [0.3, 0.4) is 0 Å². The summed E-state index contributed by atoms with van der Waals surface area (Å²) in [6.45, 7) is 6.10. The number of hydrogen-bond donors (Lipinski definition) is 2. The quantitative estimate of drug-likeness (QED) is 0.866. The number of nitrogens with one attached hydrogen (secondary N) is 1. The number of phenolic OH excluding ortho intramolecular Hbond substituents is 1. The van der Waals surface area contributed by atoms with Crippen LogP contribution in [0, 0.1) is 0 Å². The van der Waals surface area contributed by atoms with Gasteiger partial charge in [0.05, 0.1) is 5.02 Å². The highest BCUT2D eigenvalue weighted by Gasteiger charge is 2.26. The molecule has 0 bridgehead atoms. The molecule has 0 aliphatic carbocycles. The first-order valence-electron chi connectivity index (χ1n) is 7.26. The summed E-state index contributed by atoms with van der Waals surface area (Å²) in [5.41, 5.74) is 0.825. The zero-order valence-electron chi connectivity index (χ0n) is 11.8. The van der Waals surface area contributed by atoms with E-state index in [1.165, 1.54) is 0 Å². The van der Waals surface area contributed by atoms with Gasteiger partial charge in [-0.05, 0) is 18.6 Å². The Morgan fingerprint density at radius 1 is 1.30 bits per heavy atom. The average Bonchev–Trinajstić information content (AvgIpc) is 2.42. The molecule has 1 aliphatic rings. The van der Waals surface area contributed by atoms with Crippen LogP contribution < -0.4 is 5.32 Å². The minimum absolute atomic E-state index is 0.168. The molecule has 1 heterocycles. The van der Waals surface area contributed by atoms with Crippen molar-refractivity contribution in [2.45, 2.75) is 32.2 Å². The molecule has 112 valence electrons. The van der Waals surface area contributed by atoms with Gasteiger partial charge in [0.1, 0.15) is 5.75 Å². The standard InChI is InChI=1S/C15H22Cl2N2O/c1-2-3-4-13(19-7-5-18-6-8-19)15-12(17)9-11(16)10-14(15)20/h9-10,13,18,20H,2-8H2,1H3/t13-/m1/s1. The van der Waals surface area contributed by atoms with E-state index in [4.69, 9.17) is 23.2 Å². The van der Waals surface area contributed by atoms with Gasteiger partial charge in [-0.1, -0.05) is 43.0 Å². The van der Waals surface area contributed by atoms with Gasteiger partial charge in [0, 0.05) is 42.8 Å². The average molecular weight is 317 g/mol. The number of benzene rings is 1. The number of unbranched alkanes of at least 4 members (excludes halogenated alkanes) is 1. The van der Waals surface area contributed by atoms with Gasteiger partial charge in [-0.15, -0.1) is 0 Å². The van der Waals surface area contributed by atoms with E-state index in [0.29, 0.717) is 10.0 Å². The molecule has 3 nitrogen and oxygen atoms in total. The first-order valence-corrected chi connectivity index (χ1v) is 8.01. The van der Waals surface area contributed by atoms with Crippen LogP contribution in [-0.4, -0.2) is 36.2 Å². The SMILES string of the molecule is CCCC[C@H](c1c(O)cc(Cl)cc1Cl)N1CCNCC1. The second-order valence-electron chi connectivity index (χ2n) is 5.26. The third-order valence-electron chi connectivity index (χ3n) is 3.83. The van der Waals surface area contributed by atoms with Crippen molar-refractivity contribution in [3.8, 4) is 5.75 Å². The summed E-state index contributed by atoms with van der Waals surface area (Å²) in [5, 5.41) is 14.7. The molecular formula is C15H22Cl2N2O. The Balaban J connectivity index is 2.29. The Labute approximate surface area is 130 Å². The molecule has 1 aliphatic heterocycles. The Bertz CT molecular complexity index is 424. The molecule has 1 saturated heterocycles. The van der Waals surface area contributed by atoms with Crippen LogP contribution in [0.2, 0.25) is 10.0 Å². The maximum absolute atomic E-state index is 10.3. The molecule has 0 unspecified atom stereocenters. The van der Waals surface area contributed by atoms with Crippen LogP contribution >= 0.6 is 23.2 Å². The smallest absolute Gasteiger partial charge is 0.123 e. The largest absolute Gasteiger partial charge is 0.508 e. The van der Waals surface area contributed by atoms with E-state index in [2.05, 4.69) is 17.1 Å². The van der Waals surface area contributed by atoms with Crippen LogP contribution in [0.4, 0.5) is 0 Å². The summed E-state index contributed by atoms with van der Waals surface area (Å²) in [6, 6.07) is 3.48. The first-order chi connectivity index (χ1) is 9.63. The van der Waals surface area contributed by atoms with E-state index >= 15 is 0 Å². The normalized spacial score (nSPS) is 18.1. The van der Waals surface area contributed by atoms with Crippen molar-refractivity contribution in [2.75, 3.05) is 26.2 Å². The summed E-state index contributed by atoms with van der Waals surface area (Å²) in [4.78, 5) is 2.40. The lowest BCUT2D eigenvalue weighted by molar-refractivity contribution is 0.161. The minimum atomic E-state index is 0.168. The molecule has 20 heavy (non-hydrogen) atoms. The fourth-order valence-corrected chi connectivity index (χ4v) is 3.41. The van der Waals surface area contributed by atoms with Gasteiger partial charge in [0.2, 0.25) is 0 Å². The Morgan fingerprint density at radius 3 is 2.60 bits per heavy atom. The second-order valence-corrected chi connectivity index (χ2v) is 6.11. The van der Waals surface area contributed by atoms with Crippen LogP contribution in [0.15, 0.2) is 12.1 Å². The molecule has 0 spiro atoms. The molecule has 0 aromatic heterocycles.